The molecule has 21 heavy (non-hydrogen) atoms. The van der Waals surface area contributed by atoms with Crippen LogP contribution in [-0.2, 0) is 14.4 Å². The topological polar surface area (TPSA) is 86.7 Å². The maximum absolute atomic E-state index is 12.2. The minimum Gasteiger partial charge on any atom is -0.481 e. The van der Waals surface area contributed by atoms with Gasteiger partial charge in [0, 0.05) is 30.5 Å². The number of hydrogen-bond donors (Lipinski definition) is 2. The van der Waals surface area contributed by atoms with Crippen LogP contribution in [0, 0.1) is 5.41 Å². The molecule has 0 bridgehead atoms. The number of carbonyl (C=O) groups is 3. The molecule has 0 atom stereocenters. The molecule has 122 valence electrons. The normalized spacial score (nSPS) is 11.9. The summed E-state index contributed by atoms with van der Waals surface area (Å²) in [4.78, 5) is 36.1. The van der Waals surface area contributed by atoms with Crippen molar-refractivity contribution in [3.8, 4) is 0 Å². The van der Waals surface area contributed by atoms with E-state index < -0.39 is 16.9 Å². The molecule has 2 amide bonds. The molecule has 0 unspecified atom stereocenters. The van der Waals surface area contributed by atoms with E-state index in [0.717, 1.165) is 0 Å². The number of nitrogens with zero attached hydrogens (tertiary/aromatic N) is 1. The quantitative estimate of drug-likeness (QED) is 0.780. The average molecular weight is 300 g/mol. The fraction of sp³-hybridized carbons (Fsp3) is 0.800. The van der Waals surface area contributed by atoms with Crippen molar-refractivity contribution < 1.29 is 19.5 Å². The van der Waals surface area contributed by atoms with Gasteiger partial charge in [-0.2, -0.15) is 0 Å². The summed E-state index contributed by atoms with van der Waals surface area (Å²) in [7, 11) is 0. The van der Waals surface area contributed by atoms with Gasteiger partial charge < -0.3 is 15.3 Å². The van der Waals surface area contributed by atoms with Crippen LogP contribution in [0.15, 0.2) is 0 Å². The Morgan fingerprint density at radius 2 is 1.52 bits per heavy atom. The Morgan fingerprint density at radius 1 is 1.00 bits per heavy atom. The van der Waals surface area contributed by atoms with Crippen LogP contribution in [0.4, 0.5) is 0 Å². The Bertz CT molecular complexity index is 391. The smallest absolute Gasteiger partial charge is 0.305 e. The third-order valence-corrected chi connectivity index (χ3v) is 2.97. The average Bonchev–Trinajstić information content (AvgIpc) is 2.25. The van der Waals surface area contributed by atoms with Crippen LogP contribution in [0.1, 0.15) is 54.4 Å². The van der Waals surface area contributed by atoms with E-state index in [0.29, 0.717) is 0 Å². The third kappa shape index (κ3) is 7.68. The maximum atomic E-state index is 12.2. The Morgan fingerprint density at radius 3 is 1.90 bits per heavy atom. The second-order valence-electron chi connectivity index (χ2n) is 7.12. The number of nitrogens with one attached hydrogen (secondary N) is 1. The first kappa shape index (κ1) is 19.4. The number of carboxylic acids is 1. The predicted molar refractivity (Wildman–Crippen MR) is 80.8 cm³/mol. The zero-order valence-electron chi connectivity index (χ0n) is 13.9. The highest BCUT2D eigenvalue weighted by Gasteiger charge is 2.27. The van der Waals surface area contributed by atoms with Crippen molar-refractivity contribution >= 4 is 17.8 Å². The molecule has 6 nitrogen and oxygen atoms in total. The standard InChI is InChI=1S/C15H28N2O4/c1-14(2,3)13(21)16-9-7-11(18)17(15(4,5)6)10-8-12(19)20/h7-10H2,1-6H3,(H,16,21)(H,19,20). The monoisotopic (exact) mass is 300 g/mol. The predicted octanol–water partition coefficient (Wildman–Crippen LogP) is 1.64. The van der Waals surface area contributed by atoms with E-state index in [9.17, 15) is 14.4 Å². The largest absolute Gasteiger partial charge is 0.481 e. The first-order chi connectivity index (χ1) is 9.35. The van der Waals surface area contributed by atoms with E-state index in [1.807, 2.05) is 20.8 Å². The number of rotatable bonds is 6. The van der Waals surface area contributed by atoms with Gasteiger partial charge in [0.15, 0.2) is 0 Å². The molecular weight excluding hydrogens is 272 g/mol. The molecule has 0 aliphatic rings. The molecule has 0 aliphatic heterocycles. The van der Waals surface area contributed by atoms with Gasteiger partial charge in [-0.1, -0.05) is 20.8 Å². The molecule has 0 rings (SSSR count). The van der Waals surface area contributed by atoms with E-state index in [4.69, 9.17) is 5.11 Å². The molecule has 0 radical (unpaired) electrons. The minimum absolute atomic E-state index is 0.0860. The molecular formula is C15H28N2O4. The molecule has 0 saturated heterocycles. The van der Waals surface area contributed by atoms with Gasteiger partial charge in [0.05, 0.1) is 6.42 Å². The Labute approximate surface area is 126 Å². The van der Waals surface area contributed by atoms with E-state index in [1.165, 1.54) is 0 Å². The molecule has 0 aromatic rings. The summed E-state index contributed by atoms with van der Waals surface area (Å²) in [5, 5.41) is 11.5. The van der Waals surface area contributed by atoms with Crippen molar-refractivity contribution in [2.75, 3.05) is 13.1 Å². The molecule has 0 aromatic carbocycles. The third-order valence-electron chi connectivity index (χ3n) is 2.97. The zero-order valence-corrected chi connectivity index (χ0v) is 13.9. The van der Waals surface area contributed by atoms with Gasteiger partial charge in [0.1, 0.15) is 0 Å². The van der Waals surface area contributed by atoms with E-state index in [1.54, 1.807) is 25.7 Å². The van der Waals surface area contributed by atoms with Crippen molar-refractivity contribution in [2.45, 2.75) is 59.9 Å². The fourth-order valence-corrected chi connectivity index (χ4v) is 1.72. The van der Waals surface area contributed by atoms with Crippen LogP contribution in [0.25, 0.3) is 0 Å². The summed E-state index contributed by atoms with van der Waals surface area (Å²) >= 11 is 0. The van der Waals surface area contributed by atoms with Gasteiger partial charge in [0.25, 0.3) is 0 Å². The summed E-state index contributed by atoms with van der Waals surface area (Å²) in [5.41, 5.74) is -0.934. The Balaban J connectivity index is 4.49. The summed E-state index contributed by atoms with van der Waals surface area (Å²) < 4.78 is 0. The lowest BCUT2D eigenvalue weighted by molar-refractivity contribution is -0.140. The van der Waals surface area contributed by atoms with Gasteiger partial charge in [-0.05, 0) is 20.8 Å². The number of amides is 2. The Kier molecular flexibility index (Phi) is 6.86. The number of aliphatic carboxylic acids is 1. The van der Waals surface area contributed by atoms with Crippen LogP contribution >= 0.6 is 0 Å². The first-order valence-electron chi connectivity index (χ1n) is 7.16. The fourth-order valence-electron chi connectivity index (χ4n) is 1.72. The lowest BCUT2D eigenvalue weighted by Crippen LogP contribution is -2.47. The summed E-state index contributed by atoms with van der Waals surface area (Å²) in [6, 6.07) is 0. The van der Waals surface area contributed by atoms with E-state index in [-0.39, 0.29) is 37.7 Å². The molecule has 0 aromatic heterocycles. The van der Waals surface area contributed by atoms with Crippen LogP contribution in [0.2, 0.25) is 0 Å². The second-order valence-corrected chi connectivity index (χ2v) is 7.12. The van der Waals surface area contributed by atoms with Crippen molar-refractivity contribution in [3.05, 3.63) is 0 Å². The second kappa shape index (κ2) is 7.43. The zero-order chi connectivity index (χ0) is 16.8. The van der Waals surface area contributed by atoms with Crippen molar-refractivity contribution in [1.29, 1.82) is 0 Å². The van der Waals surface area contributed by atoms with Crippen LogP contribution in [0.5, 0.6) is 0 Å². The maximum Gasteiger partial charge on any atom is 0.305 e. The molecule has 2 N–H and O–H groups in total. The highest BCUT2D eigenvalue weighted by Crippen LogP contribution is 2.16. The number of carboxylic acid groups (broad SMARTS) is 1. The van der Waals surface area contributed by atoms with Crippen molar-refractivity contribution in [2.24, 2.45) is 5.41 Å². The minimum atomic E-state index is -0.932. The van der Waals surface area contributed by atoms with Gasteiger partial charge in [-0.3, -0.25) is 14.4 Å². The highest BCUT2D eigenvalue weighted by molar-refractivity contribution is 5.82. The molecule has 0 heterocycles. The summed E-state index contributed by atoms with van der Waals surface area (Å²) in [6.07, 6.45) is 0.0794. The van der Waals surface area contributed by atoms with E-state index >= 15 is 0 Å². The lowest BCUT2D eigenvalue weighted by Gasteiger charge is -2.35. The highest BCUT2D eigenvalue weighted by atomic mass is 16.4. The summed E-state index contributed by atoms with van der Waals surface area (Å²) in [5.74, 6) is -1.20. The molecule has 0 saturated carbocycles. The molecule has 0 spiro atoms. The Hall–Kier alpha value is -1.59. The number of hydrogen-bond acceptors (Lipinski definition) is 3. The van der Waals surface area contributed by atoms with Crippen molar-refractivity contribution in [3.63, 3.8) is 0 Å². The first-order valence-corrected chi connectivity index (χ1v) is 7.16. The lowest BCUT2D eigenvalue weighted by atomic mass is 9.96. The van der Waals surface area contributed by atoms with Crippen molar-refractivity contribution in [1.82, 2.24) is 10.2 Å². The number of carbonyl (C=O) groups excluding carboxylic acids is 2. The van der Waals surface area contributed by atoms with Crippen LogP contribution < -0.4 is 5.32 Å². The van der Waals surface area contributed by atoms with Crippen LogP contribution in [0.3, 0.4) is 0 Å². The van der Waals surface area contributed by atoms with Gasteiger partial charge in [0.2, 0.25) is 11.8 Å². The van der Waals surface area contributed by atoms with E-state index in [2.05, 4.69) is 5.32 Å². The van der Waals surface area contributed by atoms with Gasteiger partial charge in [-0.25, -0.2) is 0 Å². The molecule has 0 fully saturated rings. The van der Waals surface area contributed by atoms with Gasteiger partial charge in [-0.15, -0.1) is 0 Å². The summed E-state index contributed by atoms with van der Waals surface area (Å²) in [6.45, 7) is 11.4. The van der Waals surface area contributed by atoms with Crippen LogP contribution in [-0.4, -0.2) is 46.4 Å². The van der Waals surface area contributed by atoms with Gasteiger partial charge >= 0.3 is 5.97 Å². The molecule has 6 heteroatoms. The molecule has 0 aliphatic carbocycles. The SMILES string of the molecule is CC(C)(C)C(=O)NCCC(=O)N(CCC(=O)O)C(C)(C)C.